The number of carbonyl (C=O) groups excluding carboxylic acids is 2. The maximum Gasteiger partial charge on any atom is 1.00 e. The number of amides is 1. The van der Waals surface area contributed by atoms with Crippen LogP contribution >= 0.6 is 0 Å². The number of rotatable bonds is 8. The number of carboxylic acids is 3. The maximum atomic E-state index is 10.1. The Hall–Kier alpha value is -1.20. The minimum Gasteiger partial charge on any atom is -0.548 e. The summed E-state index contributed by atoms with van der Waals surface area (Å²) in [5, 5.41) is 26.2. The van der Waals surface area contributed by atoms with Crippen molar-refractivity contribution in [3.05, 3.63) is 0 Å². The fraction of sp³-hybridized carbons (Fsp3) is 0.600. The molecule has 0 aliphatic rings. The zero-order valence-electron chi connectivity index (χ0n) is 11.7. The molecular formula is C10H18N3NaO7. The van der Waals surface area contributed by atoms with Crippen molar-refractivity contribution in [2.75, 3.05) is 0 Å². The van der Waals surface area contributed by atoms with Crippen LogP contribution < -0.4 is 51.9 Å². The third-order valence-corrected chi connectivity index (χ3v) is 1.99. The molecule has 0 aliphatic heterocycles. The Morgan fingerprint density at radius 2 is 1.38 bits per heavy atom. The van der Waals surface area contributed by atoms with E-state index in [1.807, 2.05) is 0 Å². The Labute approximate surface area is 142 Å². The van der Waals surface area contributed by atoms with Crippen molar-refractivity contribution in [2.45, 2.75) is 37.8 Å². The molecule has 0 saturated carbocycles. The third-order valence-electron chi connectivity index (χ3n) is 1.99. The van der Waals surface area contributed by atoms with Crippen molar-refractivity contribution in [2.24, 2.45) is 17.2 Å². The van der Waals surface area contributed by atoms with Crippen molar-refractivity contribution >= 4 is 23.8 Å². The van der Waals surface area contributed by atoms with Crippen LogP contribution in [-0.4, -0.2) is 46.1 Å². The van der Waals surface area contributed by atoms with Gasteiger partial charge in [0.25, 0.3) is 0 Å². The Balaban J connectivity index is -0.000000295. The molecule has 10 nitrogen and oxygen atoms in total. The predicted molar refractivity (Wildman–Crippen MR) is 63.9 cm³/mol. The molecule has 21 heavy (non-hydrogen) atoms. The fourth-order valence-electron chi connectivity index (χ4n) is 0.818. The molecule has 0 heterocycles. The Kier molecular flexibility index (Phi) is 16.3. The average molecular weight is 315 g/mol. The average Bonchev–Trinajstić information content (AvgIpc) is 2.33. The normalized spacial score (nSPS) is 11.9. The molecule has 0 aromatic heterocycles. The summed E-state index contributed by atoms with van der Waals surface area (Å²) in [5.74, 6) is -4.11. The van der Waals surface area contributed by atoms with Gasteiger partial charge in [0.2, 0.25) is 5.91 Å². The quantitative estimate of drug-likeness (QED) is 0.269. The van der Waals surface area contributed by atoms with Gasteiger partial charge < -0.3 is 37.3 Å². The van der Waals surface area contributed by atoms with Crippen LogP contribution in [0.15, 0.2) is 0 Å². The van der Waals surface area contributed by atoms with Crippen LogP contribution in [0.2, 0.25) is 0 Å². The van der Waals surface area contributed by atoms with Crippen LogP contribution in [0.5, 0.6) is 0 Å². The van der Waals surface area contributed by atoms with Crippen molar-refractivity contribution in [1.29, 1.82) is 0 Å². The molecule has 0 aromatic carbocycles. The predicted octanol–water partition coefficient (Wildman–Crippen LogP) is -6.40. The van der Waals surface area contributed by atoms with Gasteiger partial charge >= 0.3 is 41.5 Å². The van der Waals surface area contributed by atoms with Gasteiger partial charge in [0.05, 0.1) is 5.97 Å². The van der Waals surface area contributed by atoms with E-state index >= 15 is 0 Å². The zero-order valence-corrected chi connectivity index (χ0v) is 13.7. The number of hydrogen-bond acceptors (Lipinski definition) is 7. The maximum absolute atomic E-state index is 10.1. The molecule has 0 rings (SSSR count). The molecule has 1 amide bonds. The van der Waals surface area contributed by atoms with Gasteiger partial charge in [-0.25, -0.2) is 0 Å². The molecule has 0 fully saturated rings. The molecule has 0 spiro atoms. The summed E-state index contributed by atoms with van der Waals surface area (Å²) in [5.41, 5.74) is 14.8. The van der Waals surface area contributed by atoms with Crippen LogP contribution in [0.25, 0.3) is 0 Å². The number of hydrogen-bond donors (Lipinski definition) is 5. The van der Waals surface area contributed by atoms with E-state index in [9.17, 15) is 24.3 Å². The van der Waals surface area contributed by atoms with E-state index < -0.39 is 35.9 Å². The standard InChI is InChI=1S/C5H10N2O3.C5H9NO4.Na/c2*6-3(5(9)10)1-2-4(7)8;/h3H,1-2,6H2,(H2,7,8)(H,9,10);3H,1-2,6H2,(H,7,8)(H,9,10);/q;;+1/p-1/t2*3-;/m00./s1. The van der Waals surface area contributed by atoms with Crippen molar-refractivity contribution in [3.8, 4) is 0 Å². The molecule has 0 radical (unpaired) electrons. The van der Waals surface area contributed by atoms with E-state index in [1.165, 1.54) is 0 Å². The van der Waals surface area contributed by atoms with Crippen LogP contribution in [-0.2, 0) is 19.2 Å². The SMILES string of the molecule is NC(=O)CC[C@H](N)C(=O)O.N[C@@H](CCC(=O)O)C(=O)[O-].[Na+]. The number of carbonyl (C=O) groups is 4. The van der Waals surface area contributed by atoms with Gasteiger partial charge in [-0.05, 0) is 12.8 Å². The number of carboxylic acid groups (broad SMARTS) is 3. The second-order valence-corrected chi connectivity index (χ2v) is 3.81. The van der Waals surface area contributed by atoms with Crippen molar-refractivity contribution in [3.63, 3.8) is 0 Å². The summed E-state index contributed by atoms with van der Waals surface area (Å²) in [6, 6.07) is -2.15. The van der Waals surface area contributed by atoms with Gasteiger partial charge in [-0.2, -0.15) is 0 Å². The van der Waals surface area contributed by atoms with Crippen molar-refractivity contribution in [1.82, 2.24) is 0 Å². The van der Waals surface area contributed by atoms with E-state index in [4.69, 9.17) is 27.4 Å². The van der Waals surface area contributed by atoms with Gasteiger partial charge in [-0.15, -0.1) is 0 Å². The third kappa shape index (κ3) is 18.8. The van der Waals surface area contributed by atoms with Crippen LogP contribution in [0.3, 0.4) is 0 Å². The summed E-state index contributed by atoms with van der Waals surface area (Å²) in [4.78, 5) is 39.9. The van der Waals surface area contributed by atoms with Gasteiger partial charge in [0.1, 0.15) is 6.04 Å². The number of primary amides is 1. The van der Waals surface area contributed by atoms with E-state index in [2.05, 4.69) is 0 Å². The molecule has 8 N–H and O–H groups in total. The monoisotopic (exact) mass is 315 g/mol. The summed E-state index contributed by atoms with van der Waals surface area (Å²) in [6.45, 7) is 0. The molecule has 2 atom stereocenters. The van der Waals surface area contributed by atoms with E-state index in [-0.39, 0.29) is 55.2 Å². The first kappa shape index (κ1) is 24.8. The second kappa shape index (κ2) is 13.8. The van der Waals surface area contributed by atoms with E-state index in [0.29, 0.717) is 0 Å². The Bertz CT molecular complexity index is 331. The topological polar surface area (TPSA) is 210 Å². The molecule has 116 valence electrons. The van der Waals surface area contributed by atoms with Crippen LogP contribution in [0.1, 0.15) is 25.7 Å². The first-order chi connectivity index (χ1) is 9.07. The van der Waals surface area contributed by atoms with E-state index in [1.54, 1.807) is 0 Å². The van der Waals surface area contributed by atoms with E-state index in [0.717, 1.165) is 0 Å². The van der Waals surface area contributed by atoms with Crippen LogP contribution in [0, 0.1) is 0 Å². The van der Waals surface area contributed by atoms with Gasteiger partial charge in [0, 0.05) is 18.9 Å². The van der Waals surface area contributed by atoms with Crippen molar-refractivity contribution < 1.29 is 64.1 Å². The molecule has 0 aliphatic carbocycles. The Morgan fingerprint density at radius 1 is 0.952 bits per heavy atom. The summed E-state index contributed by atoms with van der Waals surface area (Å²) >= 11 is 0. The molecule has 0 unspecified atom stereocenters. The number of nitrogens with two attached hydrogens (primary N) is 3. The van der Waals surface area contributed by atoms with Crippen LogP contribution in [0.4, 0.5) is 0 Å². The minimum absolute atomic E-state index is 0. The minimum atomic E-state index is -1.42. The Morgan fingerprint density at radius 3 is 1.67 bits per heavy atom. The molecule has 0 bridgehead atoms. The number of aliphatic carboxylic acids is 3. The summed E-state index contributed by atoms with van der Waals surface area (Å²) < 4.78 is 0. The first-order valence-corrected chi connectivity index (χ1v) is 5.52. The second-order valence-electron chi connectivity index (χ2n) is 3.81. The fourth-order valence-corrected chi connectivity index (χ4v) is 0.818. The largest absolute Gasteiger partial charge is 1.00 e. The molecular weight excluding hydrogens is 297 g/mol. The summed E-state index contributed by atoms with van der Waals surface area (Å²) in [7, 11) is 0. The molecule has 0 saturated heterocycles. The zero-order chi connectivity index (χ0) is 16.3. The van der Waals surface area contributed by atoms with Gasteiger partial charge in [-0.3, -0.25) is 14.4 Å². The van der Waals surface area contributed by atoms with Gasteiger partial charge in [0.15, 0.2) is 0 Å². The molecule has 0 aromatic rings. The summed E-state index contributed by atoms with van der Waals surface area (Å²) in [6.07, 6.45) is -0.203. The smallest absolute Gasteiger partial charge is 0.548 e. The first-order valence-electron chi connectivity index (χ1n) is 5.52. The van der Waals surface area contributed by atoms with Gasteiger partial charge in [-0.1, -0.05) is 0 Å². The molecule has 11 heteroatoms.